The molecule has 0 bridgehead atoms. The van der Waals surface area contributed by atoms with Gasteiger partial charge in [0.1, 0.15) is 11.9 Å². The number of aromatic nitrogens is 1. The summed E-state index contributed by atoms with van der Waals surface area (Å²) in [4.78, 5) is 2.83. The van der Waals surface area contributed by atoms with E-state index >= 15 is 0 Å². The number of hydrogen-bond donors (Lipinski definition) is 2. The molecule has 0 aliphatic carbocycles. The van der Waals surface area contributed by atoms with Gasteiger partial charge >= 0.3 is 0 Å². The second-order valence-electron chi connectivity index (χ2n) is 2.46. The van der Waals surface area contributed by atoms with Crippen molar-refractivity contribution in [2.75, 3.05) is 5.73 Å². The van der Waals surface area contributed by atoms with Crippen LogP contribution in [0.3, 0.4) is 0 Å². The molecule has 0 saturated heterocycles. The zero-order valence-corrected chi connectivity index (χ0v) is 6.52. The van der Waals surface area contributed by atoms with Gasteiger partial charge in [-0.25, -0.2) is 0 Å². The van der Waals surface area contributed by atoms with E-state index in [1.54, 1.807) is 6.20 Å². The van der Waals surface area contributed by atoms with Crippen molar-refractivity contribution in [1.29, 1.82) is 5.26 Å². The highest BCUT2D eigenvalue weighted by molar-refractivity contribution is 5.53. The summed E-state index contributed by atoms with van der Waals surface area (Å²) in [5.41, 5.74) is 7.13. The number of H-pyrrole nitrogens is 1. The number of anilines is 1. The summed E-state index contributed by atoms with van der Waals surface area (Å²) in [5.74, 6) is 0.482. The van der Waals surface area contributed by atoms with Crippen molar-refractivity contribution in [3.8, 4) is 6.07 Å². The third-order valence-corrected chi connectivity index (χ3v) is 1.62. The zero-order valence-electron chi connectivity index (χ0n) is 6.52. The van der Waals surface area contributed by atoms with Gasteiger partial charge in [0.15, 0.2) is 0 Å². The van der Waals surface area contributed by atoms with Gasteiger partial charge in [0, 0.05) is 6.20 Å². The average Bonchev–Trinajstić information content (AvgIpc) is 2.33. The lowest BCUT2D eigenvalue weighted by Gasteiger charge is -1.92. The lowest BCUT2D eigenvalue weighted by atomic mass is 10.1. The fraction of sp³-hybridized carbons (Fsp3) is 0.375. The normalized spacial score (nSPS) is 9.45. The quantitative estimate of drug-likeness (QED) is 0.667. The molecule has 3 heteroatoms. The largest absolute Gasteiger partial charge is 0.384 e. The maximum atomic E-state index is 8.66. The predicted octanol–water partition coefficient (Wildman–Crippen LogP) is 1.42. The van der Waals surface area contributed by atoms with E-state index in [-0.39, 0.29) is 0 Å². The van der Waals surface area contributed by atoms with Crippen LogP contribution in [-0.2, 0) is 6.42 Å². The van der Waals surface area contributed by atoms with Crippen molar-refractivity contribution in [1.82, 2.24) is 4.98 Å². The van der Waals surface area contributed by atoms with Crippen LogP contribution in [0.15, 0.2) is 6.20 Å². The van der Waals surface area contributed by atoms with Crippen molar-refractivity contribution >= 4 is 5.82 Å². The van der Waals surface area contributed by atoms with Crippen molar-refractivity contribution in [3.63, 3.8) is 0 Å². The smallest absolute Gasteiger partial charge is 0.119 e. The standard InChI is InChI=1S/C8H11N3/c1-2-3-6-5-11-8(10)7(6)4-9/h5,11H,2-3,10H2,1H3. The van der Waals surface area contributed by atoms with Crippen LogP contribution in [0.2, 0.25) is 0 Å². The molecule has 0 aliphatic heterocycles. The Morgan fingerprint density at radius 1 is 1.73 bits per heavy atom. The third kappa shape index (κ3) is 1.35. The van der Waals surface area contributed by atoms with E-state index in [2.05, 4.69) is 18.0 Å². The van der Waals surface area contributed by atoms with E-state index in [4.69, 9.17) is 11.0 Å². The lowest BCUT2D eigenvalue weighted by Crippen LogP contribution is -1.89. The maximum Gasteiger partial charge on any atom is 0.119 e. The number of rotatable bonds is 2. The summed E-state index contributed by atoms with van der Waals surface area (Å²) in [7, 11) is 0. The molecule has 1 aromatic rings. The summed E-state index contributed by atoms with van der Waals surface area (Å²) < 4.78 is 0. The van der Waals surface area contributed by atoms with Gasteiger partial charge in [0.25, 0.3) is 0 Å². The molecule has 0 radical (unpaired) electrons. The maximum absolute atomic E-state index is 8.66. The molecule has 3 nitrogen and oxygen atoms in total. The van der Waals surface area contributed by atoms with E-state index in [0.29, 0.717) is 11.4 Å². The Morgan fingerprint density at radius 2 is 2.45 bits per heavy atom. The molecule has 0 amide bonds. The Hall–Kier alpha value is -1.43. The molecule has 3 N–H and O–H groups in total. The molecule has 0 aliphatic rings. The van der Waals surface area contributed by atoms with Crippen LogP contribution >= 0.6 is 0 Å². The lowest BCUT2D eigenvalue weighted by molar-refractivity contribution is 0.921. The first-order chi connectivity index (χ1) is 5.29. The van der Waals surface area contributed by atoms with Crippen LogP contribution in [0, 0.1) is 11.3 Å². The number of aromatic amines is 1. The first-order valence-corrected chi connectivity index (χ1v) is 3.65. The molecule has 0 spiro atoms. The molecule has 1 aromatic heterocycles. The van der Waals surface area contributed by atoms with E-state index in [0.717, 1.165) is 18.4 Å². The van der Waals surface area contributed by atoms with E-state index in [1.165, 1.54) is 0 Å². The number of hydrogen-bond acceptors (Lipinski definition) is 2. The monoisotopic (exact) mass is 149 g/mol. The predicted molar refractivity (Wildman–Crippen MR) is 43.9 cm³/mol. The first-order valence-electron chi connectivity index (χ1n) is 3.65. The van der Waals surface area contributed by atoms with Crippen molar-refractivity contribution in [2.45, 2.75) is 19.8 Å². The Morgan fingerprint density at radius 3 is 3.00 bits per heavy atom. The second-order valence-corrected chi connectivity index (χ2v) is 2.46. The molecule has 0 fully saturated rings. The summed E-state index contributed by atoms with van der Waals surface area (Å²) >= 11 is 0. The van der Waals surface area contributed by atoms with Crippen LogP contribution in [0.5, 0.6) is 0 Å². The van der Waals surface area contributed by atoms with Crippen LogP contribution in [0.25, 0.3) is 0 Å². The topological polar surface area (TPSA) is 65.6 Å². The number of nitrogens with zero attached hydrogens (tertiary/aromatic N) is 1. The molecular formula is C8H11N3. The first kappa shape index (κ1) is 7.67. The Kier molecular flexibility index (Phi) is 2.17. The molecule has 58 valence electrons. The number of nitrogens with one attached hydrogen (secondary N) is 1. The summed E-state index contributed by atoms with van der Waals surface area (Å²) in [6, 6.07) is 2.07. The van der Waals surface area contributed by atoms with Crippen LogP contribution in [-0.4, -0.2) is 4.98 Å². The van der Waals surface area contributed by atoms with Gasteiger partial charge in [-0.2, -0.15) is 5.26 Å². The number of nitriles is 1. The van der Waals surface area contributed by atoms with Gasteiger partial charge in [-0.15, -0.1) is 0 Å². The molecule has 11 heavy (non-hydrogen) atoms. The molecule has 0 atom stereocenters. The van der Waals surface area contributed by atoms with Crippen LogP contribution in [0.1, 0.15) is 24.5 Å². The minimum Gasteiger partial charge on any atom is -0.384 e. The van der Waals surface area contributed by atoms with Crippen LogP contribution < -0.4 is 5.73 Å². The fourth-order valence-electron chi connectivity index (χ4n) is 1.08. The summed E-state index contributed by atoms with van der Waals surface area (Å²) in [6.45, 7) is 2.07. The molecule has 1 rings (SSSR count). The average molecular weight is 149 g/mol. The van der Waals surface area contributed by atoms with E-state index < -0.39 is 0 Å². The highest BCUT2D eigenvalue weighted by Gasteiger charge is 2.05. The second kappa shape index (κ2) is 3.11. The van der Waals surface area contributed by atoms with E-state index in [1.807, 2.05) is 0 Å². The van der Waals surface area contributed by atoms with E-state index in [9.17, 15) is 0 Å². The minimum absolute atomic E-state index is 0.482. The fourth-order valence-corrected chi connectivity index (χ4v) is 1.08. The van der Waals surface area contributed by atoms with Gasteiger partial charge in [-0.3, -0.25) is 0 Å². The van der Waals surface area contributed by atoms with Gasteiger partial charge in [0.2, 0.25) is 0 Å². The van der Waals surface area contributed by atoms with Crippen molar-refractivity contribution in [3.05, 3.63) is 17.3 Å². The van der Waals surface area contributed by atoms with Gasteiger partial charge in [-0.1, -0.05) is 13.3 Å². The van der Waals surface area contributed by atoms with Crippen molar-refractivity contribution in [2.24, 2.45) is 0 Å². The number of nitrogens with two attached hydrogens (primary N) is 1. The Balaban J connectivity index is 2.98. The molecule has 0 unspecified atom stereocenters. The SMILES string of the molecule is CCCc1c[nH]c(N)c1C#N. The number of nitrogen functional groups attached to an aromatic ring is 1. The number of aryl methyl sites for hydroxylation is 1. The highest BCUT2D eigenvalue weighted by atomic mass is 14.8. The van der Waals surface area contributed by atoms with Crippen molar-refractivity contribution < 1.29 is 0 Å². The zero-order chi connectivity index (χ0) is 8.27. The summed E-state index contributed by atoms with van der Waals surface area (Å²) in [5, 5.41) is 8.66. The van der Waals surface area contributed by atoms with Gasteiger partial charge in [0.05, 0.1) is 5.56 Å². The molecular weight excluding hydrogens is 138 g/mol. The van der Waals surface area contributed by atoms with Crippen LogP contribution in [0.4, 0.5) is 5.82 Å². The minimum atomic E-state index is 0.482. The highest BCUT2D eigenvalue weighted by Crippen LogP contribution is 2.15. The molecule has 0 aromatic carbocycles. The van der Waals surface area contributed by atoms with Gasteiger partial charge < -0.3 is 10.7 Å². The third-order valence-electron chi connectivity index (χ3n) is 1.62. The molecule has 0 saturated carbocycles. The van der Waals surface area contributed by atoms with Gasteiger partial charge in [-0.05, 0) is 12.0 Å². The summed E-state index contributed by atoms with van der Waals surface area (Å²) in [6.07, 6.45) is 3.75. The Bertz CT molecular complexity index is 280. The Labute approximate surface area is 65.8 Å². The molecule has 1 heterocycles.